The van der Waals surface area contributed by atoms with Gasteiger partial charge in [-0.2, -0.15) is 52.7 Å². The number of aliphatic hydroxyl groups excluding tert-OH is 2. The number of benzene rings is 1. The largest absolute Gasteiger partial charge is 0.430 e. The summed E-state index contributed by atoms with van der Waals surface area (Å²) >= 11 is 0. The van der Waals surface area contributed by atoms with E-state index in [2.05, 4.69) is 9.47 Å². The first kappa shape index (κ1) is 30.3. The highest BCUT2D eigenvalue weighted by atomic mass is 19.4. The van der Waals surface area contributed by atoms with Gasteiger partial charge in [0.25, 0.3) is 11.2 Å². The topological polar surface area (TPSA) is 58.9 Å². The van der Waals surface area contributed by atoms with Crippen LogP contribution in [0.25, 0.3) is 0 Å². The molecular weight excluding hydrogens is 508 g/mol. The summed E-state index contributed by atoms with van der Waals surface area (Å²) in [5, 5.41) is 18.2. The monoisotopic (exact) mass is 526 g/mol. The van der Waals surface area contributed by atoms with Crippen LogP contribution in [-0.4, -0.2) is 60.3 Å². The smallest absolute Gasteiger partial charge is 0.391 e. The third-order valence-electron chi connectivity index (χ3n) is 4.35. The van der Waals surface area contributed by atoms with Gasteiger partial charge in [0.15, 0.2) is 0 Å². The van der Waals surface area contributed by atoms with Crippen LogP contribution in [0.5, 0.6) is 0 Å². The van der Waals surface area contributed by atoms with Crippen molar-refractivity contribution in [3.8, 4) is 0 Å². The summed E-state index contributed by atoms with van der Waals surface area (Å²) in [5.74, 6) is 0. The quantitative estimate of drug-likeness (QED) is 0.462. The molecule has 0 saturated carbocycles. The molecule has 0 aliphatic rings. The summed E-state index contributed by atoms with van der Waals surface area (Å²) in [6, 6.07) is -0.593. The average molecular weight is 526 g/mol. The van der Waals surface area contributed by atoms with Gasteiger partial charge < -0.3 is 19.7 Å². The first-order chi connectivity index (χ1) is 15.0. The third-order valence-corrected chi connectivity index (χ3v) is 4.35. The fourth-order valence-electron chi connectivity index (χ4n) is 2.92. The molecule has 0 bridgehead atoms. The second-order valence-corrected chi connectivity index (χ2v) is 7.25. The fraction of sp³-hybridized carbons (Fsp3) is 0.667. The molecule has 16 heteroatoms. The van der Waals surface area contributed by atoms with Gasteiger partial charge in [-0.25, -0.2) is 0 Å². The maximum Gasteiger partial charge on any atom is 0.430 e. The summed E-state index contributed by atoms with van der Waals surface area (Å²) in [6.07, 6.45) is -29.6. The molecule has 0 radical (unpaired) electrons. The highest BCUT2D eigenvalue weighted by Crippen LogP contribution is 2.56. The Bertz CT molecular complexity index is 718. The van der Waals surface area contributed by atoms with E-state index in [9.17, 15) is 52.7 Å². The van der Waals surface area contributed by atoms with E-state index in [0.29, 0.717) is 0 Å². The predicted octanol–water partition coefficient (Wildman–Crippen LogP) is 5.12. The molecule has 0 amide bonds. The van der Waals surface area contributed by atoms with Crippen LogP contribution in [0, 0.1) is 0 Å². The fourth-order valence-corrected chi connectivity index (χ4v) is 2.92. The van der Waals surface area contributed by atoms with Gasteiger partial charge in [0.05, 0.1) is 25.4 Å². The molecule has 1 aromatic carbocycles. The maximum atomic E-state index is 13.7. The van der Waals surface area contributed by atoms with Gasteiger partial charge in [0.2, 0.25) is 0 Å². The van der Waals surface area contributed by atoms with Crippen molar-refractivity contribution in [3.63, 3.8) is 0 Å². The molecule has 0 aliphatic carbocycles. The van der Waals surface area contributed by atoms with Gasteiger partial charge in [0, 0.05) is 11.1 Å². The number of aliphatic hydroxyl groups is 2. The Morgan fingerprint density at radius 3 is 1.09 bits per heavy atom. The lowest BCUT2D eigenvalue weighted by Gasteiger charge is -2.40. The Labute approximate surface area is 184 Å². The number of halogens is 12. The lowest BCUT2D eigenvalue weighted by Crippen LogP contribution is -2.58. The Morgan fingerprint density at radius 1 is 0.618 bits per heavy atom. The molecule has 2 N–H and O–H groups in total. The normalized spacial score (nSPS) is 16.5. The summed E-state index contributed by atoms with van der Waals surface area (Å²) in [4.78, 5) is 0. The minimum Gasteiger partial charge on any atom is -0.391 e. The van der Waals surface area contributed by atoms with Crippen molar-refractivity contribution in [1.82, 2.24) is 0 Å². The Kier molecular flexibility index (Phi) is 8.63. The number of hydrogen-bond donors (Lipinski definition) is 2. The first-order valence-electron chi connectivity index (χ1n) is 9.06. The van der Waals surface area contributed by atoms with Crippen LogP contribution < -0.4 is 0 Å². The molecule has 4 nitrogen and oxygen atoms in total. The van der Waals surface area contributed by atoms with Crippen molar-refractivity contribution >= 4 is 0 Å². The zero-order valence-corrected chi connectivity index (χ0v) is 17.1. The summed E-state index contributed by atoms with van der Waals surface area (Å²) < 4.78 is 172. The van der Waals surface area contributed by atoms with Crippen LogP contribution in [0.15, 0.2) is 24.3 Å². The van der Waals surface area contributed by atoms with E-state index >= 15 is 0 Å². The van der Waals surface area contributed by atoms with Crippen molar-refractivity contribution in [2.24, 2.45) is 0 Å². The molecule has 0 aliphatic heterocycles. The van der Waals surface area contributed by atoms with Crippen molar-refractivity contribution < 1.29 is 72.4 Å². The second kappa shape index (κ2) is 9.70. The molecule has 2 atom stereocenters. The van der Waals surface area contributed by atoms with Gasteiger partial charge in [-0.3, -0.25) is 0 Å². The molecule has 1 rings (SSSR count). The predicted molar refractivity (Wildman–Crippen MR) is 89.3 cm³/mol. The van der Waals surface area contributed by atoms with E-state index in [-0.39, 0.29) is 18.2 Å². The lowest BCUT2D eigenvalue weighted by molar-refractivity contribution is -0.393. The minimum atomic E-state index is -6.45. The SMILES string of the molecule is CC(O)COC(c1cccc(C(OCC(C)O)(C(F)(F)F)C(F)(F)F)c1)(C(F)(F)F)C(F)(F)F. The molecule has 0 heterocycles. The highest BCUT2D eigenvalue weighted by Gasteiger charge is 2.76. The van der Waals surface area contributed by atoms with Crippen molar-refractivity contribution in [2.75, 3.05) is 13.2 Å². The molecule has 198 valence electrons. The first-order valence-corrected chi connectivity index (χ1v) is 9.06. The summed E-state index contributed by atoms with van der Waals surface area (Å²) in [5.41, 5.74) is -15.2. The Morgan fingerprint density at radius 2 is 0.882 bits per heavy atom. The van der Waals surface area contributed by atoms with Gasteiger partial charge in [0.1, 0.15) is 0 Å². The van der Waals surface area contributed by atoms with Crippen LogP contribution >= 0.6 is 0 Å². The van der Waals surface area contributed by atoms with E-state index < -0.39 is 78.5 Å². The molecular formula is C18H18F12O4. The zero-order valence-electron chi connectivity index (χ0n) is 17.1. The molecule has 1 aromatic rings. The highest BCUT2D eigenvalue weighted by molar-refractivity contribution is 5.37. The maximum absolute atomic E-state index is 13.7. The zero-order chi connectivity index (χ0) is 27.0. The van der Waals surface area contributed by atoms with E-state index in [1.54, 1.807) is 0 Å². The van der Waals surface area contributed by atoms with E-state index in [1.165, 1.54) is 0 Å². The summed E-state index contributed by atoms with van der Waals surface area (Å²) in [6.45, 7) is -1.80. The van der Waals surface area contributed by atoms with Crippen LogP contribution in [-0.2, 0) is 20.7 Å². The summed E-state index contributed by atoms with van der Waals surface area (Å²) in [7, 11) is 0. The van der Waals surface area contributed by atoms with Gasteiger partial charge in [-0.05, 0) is 19.9 Å². The Hall–Kier alpha value is -1.78. The molecule has 0 aromatic heterocycles. The molecule has 0 spiro atoms. The second-order valence-electron chi connectivity index (χ2n) is 7.25. The molecule has 2 unspecified atom stereocenters. The van der Waals surface area contributed by atoms with Crippen molar-refractivity contribution in [2.45, 2.75) is 62.0 Å². The van der Waals surface area contributed by atoms with E-state index in [1.807, 2.05) is 0 Å². The average Bonchev–Trinajstić information content (AvgIpc) is 2.57. The number of hydrogen-bond acceptors (Lipinski definition) is 4. The van der Waals surface area contributed by atoms with Crippen LogP contribution in [0.4, 0.5) is 52.7 Å². The standard InChI is InChI=1S/C18H18F12O4/c1-9(31)7-33-13(15(19,20)21,16(22,23)24)11-4-3-5-12(6-11)14(17(25,26)27,18(28,29)30)34-8-10(2)32/h3-6,9-10,31-32H,7-8H2,1-2H3. The van der Waals surface area contributed by atoms with Gasteiger partial charge >= 0.3 is 24.7 Å². The minimum absolute atomic E-state index is 0.0291. The number of ether oxygens (including phenoxy) is 2. The Balaban J connectivity index is 4.03. The lowest BCUT2D eigenvalue weighted by atomic mass is 9.85. The number of rotatable bonds is 8. The molecule has 34 heavy (non-hydrogen) atoms. The molecule has 0 saturated heterocycles. The van der Waals surface area contributed by atoms with E-state index in [0.717, 1.165) is 13.8 Å². The van der Waals surface area contributed by atoms with Gasteiger partial charge in [-0.1, -0.05) is 18.2 Å². The third kappa shape index (κ3) is 5.54. The van der Waals surface area contributed by atoms with Crippen LogP contribution in [0.3, 0.4) is 0 Å². The van der Waals surface area contributed by atoms with Crippen molar-refractivity contribution in [3.05, 3.63) is 35.4 Å². The van der Waals surface area contributed by atoms with E-state index in [4.69, 9.17) is 10.2 Å². The number of alkyl halides is 12. The van der Waals surface area contributed by atoms with Gasteiger partial charge in [-0.15, -0.1) is 0 Å². The van der Waals surface area contributed by atoms with Crippen molar-refractivity contribution in [1.29, 1.82) is 0 Å². The molecule has 0 fully saturated rings. The van der Waals surface area contributed by atoms with Crippen LogP contribution in [0.2, 0.25) is 0 Å². The van der Waals surface area contributed by atoms with Crippen LogP contribution in [0.1, 0.15) is 25.0 Å².